The minimum Gasteiger partial charge on any atom is -0.462 e. The fourth-order valence-electron chi connectivity index (χ4n) is 8.47. The normalized spacial score (nSPS) is 12.4. The van der Waals surface area contributed by atoms with Crippen LogP contribution in [0.3, 0.4) is 0 Å². The molecule has 400 valence electrons. The molecule has 0 aliphatic rings. The van der Waals surface area contributed by atoms with Crippen LogP contribution in [-0.2, 0) is 28.6 Å². The zero-order chi connectivity index (χ0) is 50.0. The van der Waals surface area contributed by atoms with E-state index in [0.29, 0.717) is 19.3 Å². The molecule has 0 aliphatic carbocycles. The van der Waals surface area contributed by atoms with E-state index < -0.39 is 6.10 Å². The van der Waals surface area contributed by atoms with Crippen molar-refractivity contribution in [3.8, 4) is 0 Å². The van der Waals surface area contributed by atoms with Crippen molar-refractivity contribution in [1.82, 2.24) is 0 Å². The van der Waals surface area contributed by atoms with Gasteiger partial charge >= 0.3 is 17.9 Å². The van der Waals surface area contributed by atoms with E-state index in [2.05, 4.69) is 81.5 Å². The number of rotatable bonds is 54. The van der Waals surface area contributed by atoms with Crippen LogP contribution in [0.4, 0.5) is 0 Å². The van der Waals surface area contributed by atoms with Crippen molar-refractivity contribution in [3.63, 3.8) is 0 Å². The Labute approximate surface area is 428 Å². The second-order valence-corrected chi connectivity index (χ2v) is 19.9. The minimum absolute atomic E-state index is 0.0854. The maximum absolute atomic E-state index is 12.8. The molecule has 0 bridgehead atoms. The van der Waals surface area contributed by atoms with Gasteiger partial charge in [0.2, 0.25) is 0 Å². The highest BCUT2D eigenvalue weighted by molar-refractivity contribution is 5.71. The summed E-state index contributed by atoms with van der Waals surface area (Å²) >= 11 is 0. The summed E-state index contributed by atoms with van der Waals surface area (Å²) in [5, 5.41) is 0. The Balaban J connectivity index is 4.31. The zero-order valence-corrected chi connectivity index (χ0v) is 45.8. The number of esters is 3. The first-order chi connectivity index (χ1) is 34.0. The first-order valence-corrected chi connectivity index (χ1v) is 29.8. The molecule has 0 spiro atoms. The predicted octanol–water partition coefficient (Wildman–Crippen LogP) is 20.0. The Morgan fingerprint density at radius 2 is 0.536 bits per heavy atom. The molecule has 0 aliphatic heterocycles. The fraction of sp³-hybridized carbons (Fsp3) is 0.794. The summed E-state index contributed by atoms with van der Waals surface area (Å²) in [7, 11) is 0. The second-order valence-electron chi connectivity index (χ2n) is 19.9. The fourth-order valence-corrected chi connectivity index (χ4v) is 8.47. The second kappa shape index (κ2) is 57.7. The summed E-state index contributed by atoms with van der Waals surface area (Å²) in [6.45, 7) is 6.57. The highest BCUT2D eigenvalue weighted by atomic mass is 16.6. The van der Waals surface area contributed by atoms with Crippen molar-refractivity contribution in [1.29, 1.82) is 0 Å². The topological polar surface area (TPSA) is 78.9 Å². The summed E-state index contributed by atoms with van der Waals surface area (Å²) in [5.74, 6) is -0.915. The highest BCUT2D eigenvalue weighted by Gasteiger charge is 2.19. The van der Waals surface area contributed by atoms with E-state index in [1.807, 2.05) is 0 Å². The third-order valence-corrected chi connectivity index (χ3v) is 13.0. The van der Waals surface area contributed by atoms with E-state index >= 15 is 0 Å². The van der Waals surface area contributed by atoms with Crippen molar-refractivity contribution in [3.05, 3.63) is 60.8 Å². The molecule has 0 N–H and O–H groups in total. The molecular weight excluding hydrogens is 853 g/mol. The van der Waals surface area contributed by atoms with Gasteiger partial charge in [0.05, 0.1) is 0 Å². The lowest BCUT2D eigenvalue weighted by atomic mass is 10.0. The number of unbranched alkanes of at least 4 members (excludes halogenated alkanes) is 33. The highest BCUT2D eigenvalue weighted by Crippen LogP contribution is 2.16. The van der Waals surface area contributed by atoms with E-state index in [9.17, 15) is 14.4 Å². The average Bonchev–Trinajstić information content (AvgIpc) is 3.35. The standard InChI is InChI=1S/C63H112O6/c1-4-7-10-13-16-19-22-24-26-28-30-31-33-35-37-39-42-44-47-50-53-56-62(65)68-59-60(69-63(66)57-54-51-48-45-40-21-18-15-12-9-6-3)58-67-61(64)55-52-49-46-43-41-38-36-34-32-29-27-25-23-20-17-14-11-8-5-2/h15,17-18,20,25,27,32,34,38,41,60H,4-14,16,19,21-24,26,28-31,33,35-37,39-40,42-59H2,1-3H3/b18-15-,20-17-,27-25-,34-32-,41-38-/t60-/m1/s1. The van der Waals surface area contributed by atoms with Gasteiger partial charge in [-0.05, 0) is 83.5 Å². The molecule has 0 rings (SSSR count). The van der Waals surface area contributed by atoms with Crippen LogP contribution in [0.15, 0.2) is 60.8 Å². The number of carbonyl (C=O) groups excluding carboxylic acids is 3. The molecule has 0 saturated carbocycles. The van der Waals surface area contributed by atoms with Gasteiger partial charge in [-0.2, -0.15) is 0 Å². The van der Waals surface area contributed by atoms with Gasteiger partial charge in [0.1, 0.15) is 13.2 Å². The van der Waals surface area contributed by atoms with Gasteiger partial charge in [0, 0.05) is 19.3 Å². The van der Waals surface area contributed by atoms with Gasteiger partial charge < -0.3 is 14.2 Å². The van der Waals surface area contributed by atoms with Crippen LogP contribution in [-0.4, -0.2) is 37.2 Å². The molecule has 6 nitrogen and oxygen atoms in total. The van der Waals surface area contributed by atoms with Crippen LogP contribution in [0.5, 0.6) is 0 Å². The van der Waals surface area contributed by atoms with Crippen molar-refractivity contribution in [2.75, 3.05) is 13.2 Å². The van der Waals surface area contributed by atoms with E-state index in [0.717, 1.165) is 96.3 Å². The van der Waals surface area contributed by atoms with Gasteiger partial charge in [0.15, 0.2) is 6.10 Å². The summed E-state index contributed by atoms with van der Waals surface area (Å²) in [6, 6.07) is 0. The van der Waals surface area contributed by atoms with Gasteiger partial charge in [0.25, 0.3) is 0 Å². The van der Waals surface area contributed by atoms with Crippen LogP contribution in [0.2, 0.25) is 0 Å². The third-order valence-electron chi connectivity index (χ3n) is 13.0. The smallest absolute Gasteiger partial charge is 0.306 e. The lowest BCUT2D eigenvalue weighted by Crippen LogP contribution is -2.30. The maximum Gasteiger partial charge on any atom is 0.306 e. The van der Waals surface area contributed by atoms with Crippen LogP contribution < -0.4 is 0 Å². The quantitative estimate of drug-likeness (QED) is 0.0262. The Morgan fingerprint density at radius 3 is 0.913 bits per heavy atom. The van der Waals surface area contributed by atoms with E-state index in [-0.39, 0.29) is 31.1 Å². The Kier molecular flexibility index (Phi) is 55.3. The van der Waals surface area contributed by atoms with Crippen LogP contribution in [0.1, 0.15) is 303 Å². The van der Waals surface area contributed by atoms with E-state index in [1.54, 1.807) is 0 Å². The number of hydrogen-bond acceptors (Lipinski definition) is 6. The first kappa shape index (κ1) is 66.1. The largest absolute Gasteiger partial charge is 0.462 e. The molecule has 69 heavy (non-hydrogen) atoms. The number of ether oxygens (including phenoxy) is 3. The molecule has 0 aromatic heterocycles. The first-order valence-electron chi connectivity index (χ1n) is 29.8. The maximum atomic E-state index is 12.8. The summed E-state index contributed by atoms with van der Waals surface area (Å²) in [4.78, 5) is 38.1. The van der Waals surface area contributed by atoms with Crippen LogP contribution in [0.25, 0.3) is 0 Å². The molecule has 6 heteroatoms. The molecule has 0 amide bonds. The molecule has 0 aromatic rings. The minimum atomic E-state index is -0.790. The molecule has 0 heterocycles. The average molecular weight is 966 g/mol. The van der Waals surface area contributed by atoms with Gasteiger partial charge in [-0.25, -0.2) is 0 Å². The van der Waals surface area contributed by atoms with Gasteiger partial charge in [-0.3, -0.25) is 14.4 Å². The summed E-state index contributed by atoms with van der Waals surface area (Å²) in [5.41, 5.74) is 0. The number of hydrogen-bond donors (Lipinski definition) is 0. The monoisotopic (exact) mass is 965 g/mol. The van der Waals surface area contributed by atoms with Gasteiger partial charge in [-0.1, -0.05) is 261 Å². The Bertz CT molecular complexity index is 1250. The van der Waals surface area contributed by atoms with Gasteiger partial charge in [-0.15, -0.1) is 0 Å². The molecule has 1 atom stereocenters. The molecule has 0 radical (unpaired) electrons. The summed E-state index contributed by atoms with van der Waals surface area (Å²) in [6.07, 6.45) is 72.2. The van der Waals surface area contributed by atoms with E-state index in [4.69, 9.17) is 14.2 Å². The van der Waals surface area contributed by atoms with Crippen LogP contribution >= 0.6 is 0 Å². The predicted molar refractivity (Wildman–Crippen MR) is 298 cm³/mol. The summed E-state index contributed by atoms with van der Waals surface area (Å²) < 4.78 is 16.8. The molecule has 0 unspecified atom stereocenters. The molecule has 0 aromatic carbocycles. The van der Waals surface area contributed by atoms with Crippen molar-refractivity contribution in [2.45, 2.75) is 309 Å². The Hall–Kier alpha value is -2.89. The third kappa shape index (κ3) is 55.9. The molecule has 0 fully saturated rings. The van der Waals surface area contributed by atoms with Crippen molar-refractivity contribution >= 4 is 17.9 Å². The van der Waals surface area contributed by atoms with Crippen molar-refractivity contribution < 1.29 is 28.6 Å². The van der Waals surface area contributed by atoms with Crippen molar-refractivity contribution in [2.24, 2.45) is 0 Å². The molecular formula is C63H112O6. The lowest BCUT2D eigenvalue weighted by Gasteiger charge is -2.18. The van der Waals surface area contributed by atoms with E-state index in [1.165, 1.54) is 167 Å². The Morgan fingerprint density at radius 1 is 0.290 bits per heavy atom. The number of carbonyl (C=O) groups is 3. The molecule has 0 saturated heterocycles. The zero-order valence-electron chi connectivity index (χ0n) is 45.8. The lowest BCUT2D eigenvalue weighted by molar-refractivity contribution is -0.167. The SMILES string of the molecule is CCCC/C=C\CCCCCCCC(=O)O[C@H](COC(=O)CCCCC/C=C\C/C=C\C/C=C\C/C=C\CCCCC)COC(=O)CCCCCCCCCCCCCCCCCCCCCCC. The van der Waals surface area contributed by atoms with Crippen LogP contribution in [0, 0.1) is 0 Å². The number of allylic oxidation sites excluding steroid dienone is 10.